The second-order valence-corrected chi connectivity index (χ2v) is 12.3. The molecular formula is C20H32N4O6S2. The Morgan fingerprint density at radius 2 is 1.66 bits per heavy atom. The fraction of sp³-hybridized carbons (Fsp3) is 0.650. The highest BCUT2D eigenvalue weighted by Crippen LogP contribution is 2.23. The number of rotatable bonds is 9. The zero-order chi connectivity index (χ0) is 23.4. The molecule has 1 aromatic rings. The highest BCUT2D eigenvalue weighted by atomic mass is 32.2. The predicted molar refractivity (Wildman–Crippen MR) is 120 cm³/mol. The minimum Gasteiger partial charge on any atom is -0.492 e. The maximum absolute atomic E-state index is 12.5. The van der Waals surface area contributed by atoms with E-state index in [1.165, 1.54) is 34.8 Å². The summed E-state index contributed by atoms with van der Waals surface area (Å²) >= 11 is 0. The second-order valence-electron chi connectivity index (χ2n) is 8.21. The second kappa shape index (κ2) is 10.5. The number of benzene rings is 1. The largest absolute Gasteiger partial charge is 0.492 e. The van der Waals surface area contributed by atoms with Crippen LogP contribution >= 0.6 is 0 Å². The lowest BCUT2D eigenvalue weighted by atomic mass is 9.99. The number of nitrogens with one attached hydrogen (secondary N) is 1. The van der Waals surface area contributed by atoms with Gasteiger partial charge in [-0.05, 0) is 49.9 Å². The maximum Gasteiger partial charge on any atom is 0.281 e. The first kappa shape index (κ1) is 24.9. The van der Waals surface area contributed by atoms with Gasteiger partial charge in [-0.25, -0.2) is 8.42 Å². The van der Waals surface area contributed by atoms with Crippen molar-refractivity contribution in [3.8, 4) is 5.75 Å². The van der Waals surface area contributed by atoms with Crippen LogP contribution in [0.25, 0.3) is 0 Å². The van der Waals surface area contributed by atoms with E-state index in [2.05, 4.69) is 5.32 Å². The van der Waals surface area contributed by atoms with E-state index in [1.54, 1.807) is 12.1 Å². The van der Waals surface area contributed by atoms with Crippen LogP contribution in [0, 0.1) is 5.92 Å². The molecule has 3 rings (SSSR count). The van der Waals surface area contributed by atoms with Crippen molar-refractivity contribution in [2.24, 2.45) is 5.92 Å². The van der Waals surface area contributed by atoms with Crippen LogP contribution in [0.15, 0.2) is 29.2 Å². The number of piperidine rings is 1. The normalized spacial score (nSPS) is 21.0. The molecule has 2 fully saturated rings. The van der Waals surface area contributed by atoms with Crippen LogP contribution in [0.2, 0.25) is 0 Å². The zero-order valence-electron chi connectivity index (χ0n) is 18.6. The molecule has 0 unspecified atom stereocenters. The molecule has 1 aromatic carbocycles. The van der Waals surface area contributed by atoms with Gasteiger partial charge in [0.15, 0.2) is 0 Å². The molecule has 2 aliphatic heterocycles. The van der Waals surface area contributed by atoms with Crippen molar-refractivity contribution < 1.29 is 26.4 Å². The Morgan fingerprint density at radius 3 is 2.28 bits per heavy atom. The monoisotopic (exact) mass is 488 g/mol. The third kappa shape index (κ3) is 5.79. The summed E-state index contributed by atoms with van der Waals surface area (Å²) in [5.74, 6) is -0.0756. The molecule has 0 spiro atoms. The first-order chi connectivity index (χ1) is 15.1. The van der Waals surface area contributed by atoms with Crippen LogP contribution in [0.3, 0.4) is 0 Å². The van der Waals surface area contributed by atoms with E-state index < -0.39 is 26.2 Å². The van der Waals surface area contributed by atoms with E-state index in [4.69, 9.17) is 4.74 Å². The predicted octanol–water partition coefficient (Wildman–Crippen LogP) is 0.485. The van der Waals surface area contributed by atoms with Gasteiger partial charge in [0.2, 0.25) is 15.9 Å². The summed E-state index contributed by atoms with van der Waals surface area (Å²) < 4.78 is 59.3. The lowest BCUT2D eigenvalue weighted by Crippen LogP contribution is -2.49. The molecule has 2 aliphatic rings. The molecule has 32 heavy (non-hydrogen) atoms. The van der Waals surface area contributed by atoms with Crippen LogP contribution < -0.4 is 10.1 Å². The summed E-state index contributed by atoms with van der Waals surface area (Å²) in [5, 5.41) is 2.79. The average molecular weight is 489 g/mol. The number of amides is 1. The van der Waals surface area contributed by atoms with E-state index in [1.807, 2.05) is 0 Å². The number of hydrogen-bond donors (Lipinski definition) is 1. The lowest BCUT2D eigenvalue weighted by molar-refractivity contribution is -0.126. The fourth-order valence-corrected chi connectivity index (χ4v) is 6.58. The highest BCUT2D eigenvalue weighted by Gasteiger charge is 2.33. The van der Waals surface area contributed by atoms with Crippen molar-refractivity contribution >= 4 is 26.1 Å². The summed E-state index contributed by atoms with van der Waals surface area (Å²) in [5.41, 5.74) is 0. The van der Waals surface area contributed by atoms with Crippen molar-refractivity contribution in [2.75, 3.05) is 53.4 Å². The van der Waals surface area contributed by atoms with Gasteiger partial charge < -0.3 is 10.1 Å². The third-order valence-corrected chi connectivity index (χ3v) is 9.56. The van der Waals surface area contributed by atoms with Crippen molar-refractivity contribution in [2.45, 2.75) is 30.6 Å². The fourth-order valence-electron chi connectivity index (χ4n) is 3.87. The Balaban J connectivity index is 1.44. The first-order valence-electron chi connectivity index (χ1n) is 10.8. The molecule has 0 aliphatic carbocycles. The molecule has 0 bridgehead atoms. The van der Waals surface area contributed by atoms with Crippen molar-refractivity contribution in [3.05, 3.63) is 24.3 Å². The lowest BCUT2D eigenvalue weighted by Gasteiger charge is -2.32. The Morgan fingerprint density at radius 1 is 1.03 bits per heavy atom. The smallest absolute Gasteiger partial charge is 0.281 e. The quantitative estimate of drug-likeness (QED) is 0.506. The van der Waals surface area contributed by atoms with Crippen LogP contribution in [-0.2, 0) is 25.0 Å². The van der Waals surface area contributed by atoms with Gasteiger partial charge in [-0.2, -0.15) is 21.3 Å². The molecule has 0 saturated carbocycles. The summed E-state index contributed by atoms with van der Waals surface area (Å²) in [7, 11) is -4.03. The van der Waals surface area contributed by atoms with Gasteiger partial charge in [0.1, 0.15) is 12.4 Å². The Bertz CT molecular complexity index is 989. The summed E-state index contributed by atoms with van der Waals surface area (Å²) in [4.78, 5) is 12.7. The third-order valence-electron chi connectivity index (χ3n) is 5.74. The summed E-state index contributed by atoms with van der Waals surface area (Å²) in [6.07, 6.45) is 3.04. The van der Waals surface area contributed by atoms with E-state index in [0.29, 0.717) is 38.2 Å². The van der Waals surface area contributed by atoms with Crippen LogP contribution in [-0.4, -0.2) is 89.1 Å². The maximum atomic E-state index is 12.5. The minimum atomic E-state index is -3.53. The number of nitrogens with zero attached hydrogens (tertiary/aromatic N) is 3. The number of ether oxygens (including phenoxy) is 1. The summed E-state index contributed by atoms with van der Waals surface area (Å²) in [6.45, 7) is 2.18. The molecule has 1 N–H and O–H groups in total. The molecule has 2 heterocycles. The first-order valence-corrected chi connectivity index (χ1v) is 13.6. The van der Waals surface area contributed by atoms with E-state index in [0.717, 1.165) is 17.1 Å². The van der Waals surface area contributed by atoms with E-state index >= 15 is 0 Å². The van der Waals surface area contributed by atoms with Gasteiger partial charge in [-0.1, -0.05) is 0 Å². The number of hydrogen-bond acceptors (Lipinski definition) is 6. The molecule has 10 nitrogen and oxygen atoms in total. The molecule has 1 amide bonds. The molecular weight excluding hydrogens is 456 g/mol. The van der Waals surface area contributed by atoms with Gasteiger partial charge >= 0.3 is 0 Å². The highest BCUT2D eigenvalue weighted by molar-refractivity contribution is 7.89. The molecule has 2 saturated heterocycles. The van der Waals surface area contributed by atoms with Gasteiger partial charge in [-0.15, -0.1) is 0 Å². The van der Waals surface area contributed by atoms with E-state index in [-0.39, 0.29) is 30.5 Å². The molecule has 0 aromatic heterocycles. The number of sulfonamides is 1. The Labute approximate surface area is 190 Å². The molecule has 180 valence electrons. The van der Waals surface area contributed by atoms with Crippen molar-refractivity contribution in [1.82, 2.24) is 18.2 Å². The van der Waals surface area contributed by atoms with E-state index in [9.17, 15) is 21.6 Å². The SMILES string of the molecule is CN(C)S(=O)(=O)N1CCC[C@@H](C(=O)NCCOc2ccc(S(=O)(=O)N3CCCC3)cc2)C1. The Hall–Kier alpha value is -1.73. The van der Waals surface area contributed by atoms with Gasteiger partial charge in [0.05, 0.1) is 17.4 Å². The van der Waals surface area contributed by atoms with Crippen LogP contribution in [0.4, 0.5) is 0 Å². The molecule has 12 heteroatoms. The standard InChI is InChI=1S/C20H32N4O6S2/c1-22(2)32(28,29)24-14-5-6-17(16-24)20(25)21-11-15-30-18-7-9-19(10-8-18)31(26,27)23-12-3-4-13-23/h7-10,17H,3-6,11-16H2,1-2H3,(H,21,25)/t17-/m1/s1. The summed E-state index contributed by atoms with van der Waals surface area (Å²) in [6, 6.07) is 6.28. The van der Waals surface area contributed by atoms with Crippen molar-refractivity contribution in [3.63, 3.8) is 0 Å². The van der Waals surface area contributed by atoms with Gasteiger partial charge in [0.25, 0.3) is 10.2 Å². The topological polar surface area (TPSA) is 116 Å². The van der Waals surface area contributed by atoms with Gasteiger partial charge in [-0.3, -0.25) is 4.79 Å². The molecule has 1 atom stereocenters. The Kier molecular flexibility index (Phi) is 8.15. The molecule has 0 radical (unpaired) electrons. The zero-order valence-corrected chi connectivity index (χ0v) is 20.2. The van der Waals surface area contributed by atoms with Crippen LogP contribution in [0.5, 0.6) is 5.75 Å². The van der Waals surface area contributed by atoms with Crippen molar-refractivity contribution in [1.29, 1.82) is 0 Å². The minimum absolute atomic E-state index is 0.167. The number of carbonyl (C=O) groups is 1. The number of carbonyl (C=O) groups excluding carboxylic acids is 1. The van der Waals surface area contributed by atoms with Gasteiger partial charge in [0, 0.05) is 40.3 Å². The average Bonchev–Trinajstić information content (AvgIpc) is 3.33. The van der Waals surface area contributed by atoms with Crippen LogP contribution in [0.1, 0.15) is 25.7 Å².